The first-order chi connectivity index (χ1) is 11.3. The van der Waals surface area contributed by atoms with Gasteiger partial charge < -0.3 is 14.8 Å². The van der Waals surface area contributed by atoms with E-state index in [0.29, 0.717) is 6.54 Å². The van der Waals surface area contributed by atoms with Crippen LogP contribution in [-0.4, -0.2) is 19.2 Å². The first kappa shape index (κ1) is 14.1. The van der Waals surface area contributed by atoms with Crippen molar-refractivity contribution >= 4 is 5.91 Å². The number of nitrogens with one attached hydrogen (secondary N) is 1. The van der Waals surface area contributed by atoms with Crippen LogP contribution < -0.4 is 14.8 Å². The number of hydrogen-bond acceptors (Lipinski definition) is 3. The van der Waals surface area contributed by atoms with Crippen molar-refractivity contribution in [2.24, 2.45) is 0 Å². The van der Waals surface area contributed by atoms with E-state index in [4.69, 9.17) is 9.47 Å². The van der Waals surface area contributed by atoms with Crippen LogP contribution in [0.25, 0.3) is 0 Å². The average Bonchev–Trinajstić information content (AvgIpc) is 3.22. The Hall–Kier alpha value is -2.49. The van der Waals surface area contributed by atoms with Crippen molar-refractivity contribution in [1.82, 2.24) is 5.32 Å². The lowest BCUT2D eigenvalue weighted by atomic mass is 10.0. The second-order valence-corrected chi connectivity index (χ2v) is 5.99. The molecular weight excluding hydrogens is 290 g/mol. The van der Waals surface area contributed by atoms with E-state index >= 15 is 0 Å². The first-order valence-corrected chi connectivity index (χ1v) is 8.09. The summed E-state index contributed by atoms with van der Waals surface area (Å²) in [6, 6.07) is 12.0. The monoisotopic (exact) mass is 309 g/mol. The largest absolute Gasteiger partial charge is 0.454 e. The van der Waals surface area contributed by atoms with Crippen molar-refractivity contribution in [2.45, 2.75) is 25.7 Å². The smallest absolute Gasteiger partial charge is 0.251 e. The van der Waals surface area contributed by atoms with E-state index in [0.717, 1.165) is 48.3 Å². The molecule has 0 saturated carbocycles. The zero-order chi connectivity index (χ0) is 15.6. The molecule has 118 valence electrons. The first-order valence-electron chi connectivity index (χ1n) is 8.09. The van der Waals surface area contributed by atoms with Crippen LogP contribution in [0, 0.1) is 0 Å². The fourth-order valence-electron chi connectivity index (χ4n) is 3.34. The zero-order valence-electron chi connectivity index (χ0n) is 12.9. The molecule has 4 rings (SSSR count). The Balaban J connectivity index is 1.38. The molecule has 1 heterocycles. The highest BCUT2D eigenvalue weighted by Gasteiger charge is 2.18. The SMILES string of the molecule is O=C(NCCc1ccc2c(c1)OCO2)c1cccc2c1CCC2. The predicted molar refractivity (Wildman–Crippen MR) is 87.1 cm³/mol. The standard InChI is InChI=1S/C19H19NO3/c21-19(16-6-2-4-14-3-1-5-15(14)16)20-10-9-13-7-8-17-18(11-13)23-12-22-17/h2,4,6-8,11H,1,3,5,9-10,12H2,(H,20,21). The van der Waals surface area contributed by atoms with Crippen LogP contribution in [0.15, 0.2) is 36.4 Å². The molecule has 0 saturated heterocycles. The van der Waals surface area contributed by atoms with Gasteiger partial charge in [-0.2, -0.15) is 0 Å². The molecule has 2 aliphatic rings. The van der Waals surface area contributed by atoms with Gasteiger partial charge in [0.05, 0.1) is 0 Å². The molecule has 4 nitrogen and oxygen atoms in total. The van der Waals surface area contributed by atoms with Crippen LogP contribution in [0.4, 0.5) is 0 Å². The molecule has 23 heavy (non-hydrogen) atoms. The van der Waals surface area contributed by atoms with Gasteiger partial charge in [-0.05, 0) is 60.6 Å². The molecular formula is C19H19NO3. The summed E-state index contributed by atoms with van der Waals surface area (Å²) in [4.78, 5) is 12.4. The summed E-state index contributed by atoms with van der Waals surface area (Å²) < 4.78 is 10.7. The number of aryl methyl sites for hydroxylation is 1. The molecule has 1 aliphatic carbocycles. The molecule has 0 unspecified atom stereocenters. The van der Waals surface area contributed by atoms with E-state index in [1.165, 1.54) is 11.1 Å². The molecule has 1 aliphatic heterocycles. The third-order valence-corrected chi connectivity index (χ3v) is 4.53. The quantitative estimate of drug-likeness (QED) is 0.944. The molecule has 0 radical (unpaired) electrons. The molecule has 0 atom stereocenters. The van der Waals surface area contributed by atoms with Crippen LogP contribution in [0.3, 0.4) is 0 Å². The Morgan fingerprint density at radius 2 is 2.00 bits per heavy atom. The van der Waals surface area contributed by atoms with E-state index in [1.807, 2.05) is 30.3 Å². The third kappa shape index (κ3) is 2.77. The van der Waals surface area contributed by atoms with Gasteiger partial charge in [-0.25, -0.2) is 0 Å². The third-order valence-electron chi connectivity index (χ3n) is 4.53. The number of carbonyl (C=O) groups is 1. The van der Waals surface area contributed by atoms with Crippen LogP contribution in [0.1, 0.15) is 33.5 Å². The van der Waals surface area contributed by atoms with Crippen molar-refractivity contribution in [3.63, 3.8) is 0 Å². The van der Waals surface area contributed by atoms with Crippen LogP contribution in [-0.2, 0) is 19.3 Å². The maximum atomic E-state index is 12.4. The van der Waals surface area contributed by atoms with Gasteiger partial charge in [0.15, 0.2) is 11.5 Å². The molecule has 0 fully saturated rings. The highest BCUT2D eigenvalue weighted by atomic mass is 16.7. The van der Waals surface area contributed by atoms with Crippen molar-refractivity contribution in [2.75, 3.05) is 13.3 Å². The van der Waals surface area contributed by atoms with Gasteiger partial charge in [-0.15, -0.1) is 0 Å². The average molecular weight is 309 g/mol. The van der Waals surface area contributed by atoms with E-state index in [9.17, 15) is 4.79 Å². The topological polar surface area (TPSA) is 47.6 Å². The van der Waals surface area contributed by atoms with E-state index in [-0.39, 0.29) is 12.7 Å². The molecule has 0 spiro atoms. The van der Waals surface area contributed by atoms with Gasteiger partial charge in [0.1, 0.15) is 0 Å². The second kappa shape index (κ2) is 5.95. The summed E-state index contributed by atoms with van der Waals surface area (Å²) >= 11 is 0. The van der Waals surface area contributed by atoms with Gasteiger partial charge in [-0.3, -0.25) is 4.79 Å². The van der Waals surface area contributed by atoms with Crippen molar-refractivity contribution in [3.8, 4) is 11.5 Å². The van der Waals surface area contributed by atoms with Crippen LogP contribution >= 0.6 is 0 Å². The number of benzene rings is 2. The highest BCUT2D eigenvalue weighted by molar-refractivity contribution is 5.96. The Morgan fingerprint density at radius 3 is 2.96 bits per heavy atom. The fraction of sp³-hybridized carbons (Fsp3) is 0.316. The fourth-order valence-corrected chi connectivity index (χ4v) is 3.34. The molecule has 4 heteroatoms. The lowest BCUT2D eigenvalue weighted by Crippen LogP contribution is -2.26. The minimum atomic E-state index is 0.0319. The minimum absolute atomic E-state index is 0.0319. The summed E-state index contributed by atoms with van der Waals surface area (Å²) in [6.07, 6.45) is 4.03. The van der Waals surface area contributed by atoms with E-state index in [2.05, 4.69) is 11.4 Å². The maximum absolute atomic E-state index is 12.4. The minimum Gasteiger partial charge on any atom is -0.454 e. The number of hydrogen-bond donors (Lipinski definition) is 1. The Labute approximate surface area is 135 Å². The molecule has 0 aromatic heterocycles. The van der Waals surface area contributed by atoms with E-state index in [1.54, 1.807) is 0 Å². The predicted octanol–water partition coefficient (Wildman–Crippen LogP) is 2.88. The second-order valence-electron chi connectivity index (χ2n) is 5.99. The van der Waals surface area contributed by atoms with Gasteiger partial charge in [0, 0.05) is 12.1 Å². The molecule has 1 amide bonds. The highest BCUT2D eigenvalue weighted by Crippen LogP contribution is 2.32. The van der Waals surface area contributed by atoms with Crippen molar-refractivity contribution < 1.29 is 14.3 Å². The molecule has 2 aromatic rings. The maximum Gasteiger partial charge on any atom is 0.251 e. The summed E-state index contributed by atoms with van der Waals surface area (Å²) in [7, 11) is 0. The normalized spacial score (nSPS) is 14.6. The Morgan fingerprint density at radius 1 is 1.09 bits per heavy atom. The number of amides is 1. The van der Waals surface area contributed by atoms with Gasteiger partial charge in [-0.1, -0.05) is 18.2 Å². The summed E-state index contributed by atoms with van der Waals surface area (Å²) in [6.45, 7) is 0.900. The number of fused-ring (bicyclic) bond motifs is 2. The Bertz CT molecular complexity index is 754. The van der Waals surface area contributed by atoms with Gasteiger partial charge >= 0.3 is 0 Å². The molecule has 1 N–H and O–H groups in total. The lowest BCUT2D eigenvalue weighted by Gasteiger charge is -2.09. The van der Waals surface area contributed by atoms with Crippen molar-refractivity contribution in [3.05, 3.63) is 58.7 Å². The molecule has 2 aromatic carbocycles. The lowest BCUT2D eigenvalue weighted by molar-refractivity contribution is 0.0953. The zero-order valence-corrected chi connectivity index (χ0v) is 12.9. The van der Waals surface area contributed by atoms with Crippen LogP contribution in [0.5, 0.6) is 11.5 Å². The van der Waals surface area contributed by atoms with E-state index < -0.39 is 0 Å². The summed E-state index contributed by atoms with van der Waals surface area (Å²) in [5.74, 6) is 1.61. The summed E-state index contributed by atoms with van der Waals surface area (Å²) in [5, 5.41) is 3.03. The summed E-state index contributed by atoms with van der Waals surface area (Å²) in [5.41, 5.74) is 4.53. The van der Waals surface area contributed by atoms with Crippen LogP contribution in [0.2, 0.25) is 0 Å². The number of carbonyl (C=O) groups excluding carboxylic acids is 1. The van der Waals surface area contributed by atoms with Gasteiger partial charge in [0.2, 0.25) is 6.79 Å². The van der Waals surface area contributed by atoms with Crippen molar-refractivity contribution in [1.29, 1.82) is 0 Å². The number of rotatable bonds is 4. The van der Waals surface area contributed by atoms with Gasteiger partial charge in [0.25, 0.3) is 5.91 Å². The number of ether oxygens (including phenoxy) is 2. The molecule has 0 bridgehead atoms. The Kier molecular flexibility index (Phi) is 3.66.